The Hall–Kier alpha value is -1.62. The number of amides is 1. The number of hydrogen-bond acceptors (Lipinski definition) is 3. The fourth-order valence-corrected chi connectivity index (χ4v) is 3.15. The van der Waals surface area contributed by atoms with Gasteiger partial charge >= 0.3 is 0 Å². The number of aromatic amines is 1. The first kappa shape index (κ1) is 15.8. The van der Waals surface area contributed by atoms with Gasteiger partial charge in [-0.15, -0.1) is 11.3 Å². The lowest BCUT2D eigenvalue weighted by Crippen LogP contribution is -2.28. The summed E-state index contributed by atoms with van der Waals surface area (Å²) in [6.07, 6.45) is 3.20. The molecule has 2 heterocycles. The van der Waals surface area contributed by atoms with Gasteiger partial charge in [-0.3, -0.25) is 9.89 Å². The van der Waals surface area contributed by atoms with Crippen molar-refractivity contribution < 1.29 is 4.79 Å². The van der Waals surface area contributed by atoms with Crippen LogP contribution in [0.3, 0.4) is 0 Å². The number of carbonyl (C=O) groups excluding carboxylic acids is 1. The van der Waals surface area contributed by atoms with Gasteiger partial charge in [-0.25, -0.2) is 0 Å². The smallest absolute Gasteiger partial charge is 0.220 e. The lowest BCUT2D eigenvalue weighted by Gasteiger charge is -2.16. The predicted molar refractivity (Wildman–Crippen MR) is 86.5 cm³/mol. The first-order valence-corrected chi connectivity index (χ1v) is 8.33. The molecule has 0 fully saturated rings. The number of rotatable bonds is 7. The minimum Gasteiger partial charge on any atom is -0.348 e. The summed E-state index contributed by atoms with van der Waals surface area (Å²) in [6.45, 7) is 6.18. The Morgan fingerprint density at radius 2 is 2.29 bits per heavy atom. The molecule has 0 saturated carbocycles. The van der Waals surface area contributed by atoms with Crippen molar-refractivity contribution in [3.05, 3.63) is 39.3 Å². The first-order chi connectivity index (χ1) is 10.1. The van der Waals surface area contributed by atoms with Gasteiger partial charge in [0, 0.05) is 23.4 Å². The fourth-order valence-electron chi connectivity index (χ4n) is 2.34. The van der Waals surface area contributed by atoms with Crippen molar-refractivity contribution in [1.82, 2.24) is 15.5 Å². The Morgan fingerprint density at radius 1 is 1.48 bits per heavy atom. The summed E-state index contributed by atoms with van der Waals surface area (Å²) in [7, 11) is 0. The Balaban J connectivity index is 1.89. The number of carbonyl (C=O) groups is 1. The number of aromatic nitrogens is 2. The van der Waals surface area contributed by atoms with Crippen LogP contribution >= 0.6 is 11.3 Å². The van der Waals surface area contributed by atoms with Gasteiger partial charge in [0.1, 0.15) is 0 Å². The molecule has 0 radical (unpaired) electrons. The molecule has 5 heteroatoms. The molecule has 2 rings (SSSR count). The quantitative estimate of drug-likeness (QED) is 0.820. The summed E-state index contributed by atoms with van der Waals surface area (Å²) < 4.78 is 0. The molecule has 2 aromatic heterocycles. The third kappa shape index (κ3) is 4.17. The molecule has 4 nitrogen and oxygen atoms in total. The van der Waals surface area contributed by atoms with Crippen LogP contribution in [0.15, 0.2) is 17.5 Å². The topological polar surface area (TPSA) is 57.8 Å². The summed E-state index contributed by atoms with van der Waals surface area (Å²) in [6, 6.07) is 4.27. The second kappa shape index (κ2) is 7.41. The van der Waals surface area contributed by atoms with Crippen molar-refractivity contribution in [3.8, 4) is 0 Å². The third-order valence-electron chi connectivity index (χ3n) is 3.74. The summed E-state index contributed by atoms with van der Waals surface area (Å²) in [5, 5.41) is 12.4. The molecule has 2 aromatic rings. The SMILES string of the molecule is CCC[C@@H](NC(=O)CCc1n[nH]c(C)c1C)c1cccs1. The van der Waals surface area contributed by atoms with Gasteiger partial charge in [-0.1, -0.05) is 19.4 Å². The minimum atomic E-state index is 0.0990. The molecule has 0 unspecified atom stereocenters. The number of H-pyrrole nitrogens is 1. The number of aryl methyl sites for hydroxylation is 2. The van der Waals surface area contributed by atoms with Crippen LogP contribution in [0.25, 0.3) is 0 Å². The van der Waals surface area contributed by atoms with Crippen LogP contribution in [0.5, 0.6) is 0 Å². The Bertz CT molecular complexity index is 574. The van der Waals surface area contributed by atoms with Gasteiger partial charge in [0.2, 0.25) is 5.91 Å². The van der Waals surface area contributed by atoms with E-state index in [0.29, 0.717) is 12.8 Å². The summed E-state index contributed by atoms with van der Waals surface area (Å²) in [4.78, 5) is 13.4. The summed E-state index contributed by atoms with van der Waals surface area (Å²) in [5.41, 5.74) is 3.23. The molecule has 0 aliphatic heterocycles. The van der Waals surface area contributed by atoms with Gasteiger partial charge in [0.05, 0.1) is 11.7 Å². The third-order valence-corrected chi connectivity index (χ3v) is 4.73. The largest absolute Gasteiger partial charge is 0.348 e. The van der Waals surface area contributed by atoms with Crippen molar-refractivity contribution in [1.29, 1.82) is 0 Å². The molecule has 0 spiro atoms. The molecule has 0 aliphatic carbocycles. The Labute approximate surface area is 130 Å². The van der Waals surface area contributed by atoms with Crippen molar-refractivity contribution in [3.63, 3.8) is 0 Å². The zero-order chi connectivity index (χ0) is 15.2. The van der Waals surface area contributed by atoms with Crippen LogP contribution in [0.1, 0.15) is 54.1 Å². The van der Waals surface area contributed by atoms with Crippen LogP contribution in [-0.4, -0.2) is 16.1 Å². The average Bonchev–Trinajstić information content (AvgIpc) is 3.09. The number of nitrogens with one attached hydrogen (secondary N) is 2. The van der Waals surface area contributed by atoms with Gasteiger partial charge in [0.25, 0.3) is 0 Å². The molecular weight excluding hydrogens is 282 g/mol. The second-order valence-corrected chi connectivity index (χ2v) is 6.32. The van der Waals surface area contributed by atoms with E-state index < -0.39 is 0 Å². The summed E-state index contributed by atoms with van der Waals surface area (Å²) >= 11 is 1.70. The van der Waals surface area contributed by atoms with Crippen LogP contribution < -0.4 is 5.32 Å². The van der Waals surface area contributed by atoms with E-state index in [9.17, 15) is 4.79 Å². The van der Waals surface area contributed by atoms with Crippen LogP contribution in [-0.2, 0) is 11.2 Å². The van der Waals surface area contributed by atoms with Crippen molar-refractivity contribution in [2.45, 2.75) is 52.5 Å². The summed E-state index contributed by atoms with van der Waals surface area (Å²) in [5.74, 6) is 0.0990. The molecular formula is C16H23N3OS. The van der Waals surface area contributed by atoms with Gasteiger partial charge < -0.3 is 5.32 Å². The average molecular weight is 305 g/mol. The predicted octanol–water partition coefficient (Wildman–Crippen LogP) is 3.68. The lowest BCUT2D eigenvalue weighted by molar-refractivity contribution is -0.121. The highest BCUT2D eigenvalue weighted by atomic mass is 32.1. The van der Waals surface area contributed by atoms with E-state index in [4.69, 9.17) is 0 Å². The molecule has 0 aromatic carbocycles. The molecule has 21 heavy (non-hydrogen) atoms. The fraction of sp³-hybridized carbons (Fsp3) is 0.500. The number of hydrogen-bond donors (Lipinski definition) is 2. The van der Waals surface area contributed by atoms with E-state index in [1.807, 2.05) is 19.9 Å². The standard InChI is InChI=1S/C16H23N3OS/c1-4-6-14(15-7-5-10-21-15)17-16(20)9-8-13-11(2)12(3)18-19-13/h5,7,10,14H,4,6,8-9H2,1-3H3,(H,17,20)(H,18,19)/t14-/m1/s1. The van der Waals surface area contributed by atoms with Crippen molar-refractivity contribution in [2.75, 3.05) is 0 Å². The minimum absolute atomic E-state index is 0.0990. The highest BCUT2D eigenvalue weighted by Crippen LogP contribution is 2.23. The monoisotopic (exact) mass is 305 g/mol. The van der Waals surface area contributed by atoms with Crippen LogP contribution in [0, 0.1) is 13.8 Å². The first-order valence-electron chi connectivity index (χ1n) is 7.45. The highest BCUT2D eigenvalue weighted by Gasteiger charge is 2.15. The van der Waals surface area contributed by atoms with Gasteiger partial charge in [-0.2, -0.15) is 5.10 Å². The number of thiophene rings is 1. The second-order valence-electron chi connectivity index (χ2n) is 5.34. The van der Waals surface area contributed by atoms with E-state index >= 15 is 0 Å². The molecule has 1 amide bonds. The van der Waals surface area contributed by atoms with Crippen molar-refractivity contribution in [2.24, 2.45) is 0 Å². The molecule has 2 N–H and O–H groups in total. The molecule has 0 saturated heterocycles. The van der Waals surface area contributed by atoms with E-state index in [1.165, 1.54) is 4.88 Å². The molecule has 1 atom stereocenters. The molecule has 0 bridgehead atoms. The Morgan fingerprint density at radius 3 is 2.86 bits per heavy atom. The molecule has 0 aliphatic rings. The maximum absolute atomic E-state index is 12.2. The normalized spacial score (nSPS) is 12.3. The van der Waals surface area contributed by atoms with Gasteiger partial charge in [0.15, 0.2) is 0 Å². The maximum atomic E-state index is 12.2. The van der Waals surface area contributed by atoms with Gasteiger partial charge in [-0.05, 0) is 37.3 Å². The van der Waals surface area contributed by atoms with Crippen molar-refractivity contribution >= 4 is 17.2 Å². The van der Waals surface area contributed by atoms with E-state index in [2.05, 4.69) is 33.9 Å². The highest BCUT2D eigenvalue weighted by molar-refractivity contribution is 7.10. The van der Waals surface area contributed by atoms with E-state index in [1.54, 1.807) is 11.3 Å². The Kier molecular flexibility index (Phi) is 5.56. The molecule has 114 valence electrons. The van der Waals surface area contributed by atoms with Crippen LogP contribution in [0.4, 0.5) is 0 Å². The van der Waals surface area contributed by atoms with E-state index in [0.717, 1.165) is 29.8 Å². The number of nitrogens with zero attached hydrogens (tertiary/aromatic N) is 1. The van der Waals surface area contributed by atoms with E-state index in [-0.39, 0.29) is 11.9 Å². The zero-order valence-electron chi connectivity index (χ0n) is 12.9. The zero-order valence-corrected chi connectivity index (χ0v) is 13.7. The lowest BCUT2D eigenvalue weighted by atomic mass is 10.1. The maximum Gasteiger partial charge on any atom is 0.220 e. The van der Waals surface area contributed by atoms with Crippen LogP contribution in [0.2, 0.25) is 0 Å².